The molecule has 2 aliphatic heterocycles. The summed E-state index contributed by atoms with van der Waals surface area (Å²) >= 11 is 0. The minimum atomic E-state index is 0.109. The van der Waals surface area contributed by atoms with Crippen molar-refractivity contribution in [3.63, 3.8) is 0 Å². The monoisotopic (exact) mass is 364 g/mol. The molecule has 2 fully saturated rings. The van der Waals surface area contributed by atoms with Crippen LogP contribution in [0.25, 0.3) is 0 Å². The van der Waals surface area contributed by atoms with Gasteiger partial charge in [0.15, 0.2) is 0 Å². The second-order valence-electron chi connectivity index (χ2n) is 7.97. The van der Waals surface area contributed by atoms with Gasteiger partial charge in [0, 0.05) is 30.3 Å². The Kier molecular flexibility index (Phi) is 5.44. The van der Waals surface area contributed by atoms with Gasteiger partial charge in [-0.25, -0.2) is 0 Å². The molecule has 142 valence electrons. The number of benzene rings is 2. The van der Waals surface area contributed by atoms with Gasteiger partial charge < -0.3 is 15.4 Å². The highest BCUT2D eigenvalue weighted by atomic mass is 16.5. The normalized spacial score (nSPS) is 23.8. The molecule has 0 aromatic heterocycles. The van der Waals surface area contributed by atoms with Crippen molar-refractivity contribution in [2.45, 2.75) is 57.7 Å². The lowest BCUT2D eigenvalue weighted by Gasteiger charge is -2.28. The van der Waals surface area contributed by atoms with E-state index in [9.17, 15) is 4.79 Å². The van der Waals surface area contributed by atoms with Gasteiger partial charge in [-0.1, -0.05) is 30.3 Å². The van der Waals surface area contributed by atoms with Crippen LogP contribution >= 0.6 is 0 Å². The lowest BCUT2D eigenvalue weighted by molar-refractivity contribution is -0.117. The van der Waals surface area contributed by atoms with E-state index in [4.69, 9.17) is 4.74 Å². The Hall–Kier alpha value is -2.33. The van der Waals surface area contributed by atoms with E-state index in [1.54, 1.807) is 0 Å². The van der Waals surface area contributed by atoms with E-state index in [1.165, 1.54) is 24.0 Å². The summed E-state index contributed by atoms with van der Waals surface area (Å²) in [5.74, 6) is 1.39. The lowest BCUT2D eigenvalue weighted by Crippen LogP contribution is -2.39. The summed E-state index contributed by atoms with van der Waals surface area (Å²) < 4.78 is 5.92. The van der Waals surface area contributed by atoms with Crippen molar-refractivity contribution in [3.8, 4) is 5.75 Å². The first-order valence-electron chi connectivity index (χ1n) is 9.99. The molecule has 2 N–H and O–H groups in total. The number of hydrogen-bond acceptors (Lipinski definition) is 3. The van der Waals surface area contributed by atoms with Gasteiger partial charge in [-0.3, -0.25) is 4.79 Å². The van der Waals surface area contributed by atoms with Crippen molar-refractivity contribution in [2.24, 2.45) is 5.92 Å². The van der Waals surface area contributed by atoms with E-state index in [1.807, 2.05) is 36.4 Å². The van der Waals surface area contributed by atoms with Crippen LogP contribution in [0.2, 0.25) is 0 Å². The Bertz CT molecular complexity index is 792. The van der Waals surface area contributed by atoms with Gasteiger partial charge in [0.25, 0.3) is 0 Å². The number of piperidine rings is 1. The van der Waals surface area contributed by atoms with Crippen molar-refractivity contribution >= 4 is 11.6 Å². The molecule has 2 unspecified atom stereocenters. The number of rotatable bonds is 6. The first-order chi connectivity index (χ1) is 13.2. The molecule has 4 rings (SSSR count). The van der Waals surface area contributed by atoms with Crippen LogP contribution < -0.4 is 15.4 Å². The van der Waals surface area contributed by atoms with Gasteiger partial charge in [-0.2, -0.15) is 0 Å². The van der Waals surface area contributed by atoms with Crippen molar-refractivity contribution < 1.29 is 9.53 Å². The van der Waals surface area contributed by atoms with Crippen LogP contribution in [-0.2, 0) is 11.4 Å². The topological polar surface area (TPSA) is 50.4 Å². The fourth-order valence-corrected chi connectivity index (χ4v) is 4.41. The molecule has 2 aromatic rings. The second-order valence-corrected chi connectivity index (χ2v) is 7.97. The number of carbonyl (C=O) groups excluding carboxylic acids is 1. The molecule has 0 radical (unpaired) electrons. The van der Waals surface area contributed by atoms with Crippen LogP contribution in [0.15, 0.2) is 48.5 Å². The van der Waals surface area contributed by atoms with E-state index in [-0.39, 0.29) is 5.91 Å². The molecule has 2 heterocycles. The Morgan fingerprint density at radius 1 is 1.11 bits per heavy atom. The number of anilines is 1. The molecule has 2 saturated heterocycles. The number of amides is 1. The number of ether oxygens (including phenoxy) is 1. The van der Waals surface area contributed by atoms with E-state index >= 15 is 0 Å². The highest BCUT2D eigenvalue weighted by molar-refractivity contribution is 5.91. The number of nitrogens with one attached hydrogen (secondary N) is 2. The van der Waals surface area contributed by atoms with Crippen molar-refractivity contribution in [1.29, 1.82) is 0 Å². The van der Waals surface area contributed by atoms with Gasteiger partial charge in [0.2, 0.25) is 5.91 Å². The van der Waals surface area contributed by atoms with E-state index in [0.29, 0.717) is 31.0 Å². The Labute approximate surface area is 161 Å². The summed E-state index contributed by atoms with van der Waals surface area (Å²) in [6, 6.07) is 17.1. The molecule has 2 aromatic carbocycles. The van der Waals surface area contributed by atoms with E-state index in [2.05, 4.69) is 29.7 Å². The van der Waals surface area contributed by atoms with Gasteiger partial charge in [0.05, 0.1) is 0 Å². The molecule has 2 bridgehead atoms. The molecule has 4 heteroatoms. The largest absolute Gasteiger partial charge is 0.489 e. The third-order valence-electron chi connectivity index (χ3n) is 5.82. The van der Waals surface area contributed by atoms with Crippen LogP contribution in [0.3, 0.4) is 0 Å². The predicted octanol–water partition coefficient (Wildman–Crippen LogP) is 4.43. The molecule has 27 heavy (non-hydrogen) atoms. The van der Waals surface area contributed by atoms with Crippen molar-refractivity contribution in [2.75, 3.05) is 5.32 Å². The molecule has 0 aliphatic carbocycles. The zero-order valence-electron chi connectivity index (χ0n) is 15.9. The number of fused-ring (bicyclic) bond motifs is 2. The summed E-state index contributed by atoms with van der Waals surface area (Å²) in [5, 5.41) is 6.68. The first kappa shape index (κ1) is 18.1. The Morgan fingerprint density at radius 3 is 2.67 bits per heavy atom. The third-order valence-corrected chi connectivity index (χ3v) is 5.82. The van der Waals surface area contributed by atoms with Crippen molar-refractivity contribution in [1.82, 2.24) is 5.32 Å². The molecular formula is C23H28N2O2. The second kappa shape index (κ2) is 8.13. The summed E-state index contributed by atoms with van der Waals surface area (Å²) in [5.41, 5.74) is 3.20. The SMILES string of the molecule is Cc1ccccc1COc1cccc(NC(=O)CC2CC3CCC(C2)N3)c1. The standard InChI is InChI=1S/C23H28N2O2/c1-16-5-2-3-6-18(16)15-27-22-8-4-7-19(14-22)25-23(26)13-17-11-20-9-10-21(12-17)24-20/h2-8,14,17,20-21,24H,9-13,15H2,1H3,(H,25,26). The van der Waals surface area contributed by atoms with Crippen molar-refractivity contribution in [3.05, 3.63) is 59.7 Å². The van der Waals surface area contributed by atoms with Gasteiger partial charge in [0.1, 0.15) is 12.4 Å². The quantitative estimate of drug-likeness (QED) is 0.797. The van der Waals surface area contributed by atoms with Gasteiger partial charge in [-0.05, 0) is 61.8 Å². The predicted molar refractivity (Wildman–Crippen MR) is 108 cm³/mol. The Morgan fingerprint density at radius 2 is 1.89 bits per heavy atom. The summed E-state index contributed by atoms with van der Waals surface area (Å²) in [6.45, 7) is 2.62. The maximum Gasteiger partial charge on any atom is 0.224 e. The fourth-order valence-electron chi connectivity index (χ4n) is 4.41. The first-order valence-corrected chi connectivity index (χ1v) is 9.99. The van der Waals surface area contributed by atoms with Crippen LogP contribution in [0.5, 0.6) is 5.75 Å². The summed E-state index contributed by atoms with van der Waals surface area (Å²) in [7, 11) is 0. The number of carbonyl (C=O) groups is 1. The fraction of sp³-hybridized carbons (Fsp3) is 0.435. The molecule has 0 saturated carbocycles. The van der Waals surface area contributed by atoms with Crippen LogP contribution in [0, 0.1) is 12.8 Å². The number of aryl methyl sites for hydroxylation is 1. The maximum absolute atomic E-state index is 12.5. The van der Waals surface area contributed by atoms with Gasteiger partial charge in [-0.15, -0.1) is 0 Å². The lowest BCUT2D eigenvalue weighted by atomic mass is 9.89. The zero-order valence-corrected chi connectivity index (χ0v) is 15.9. The van der Waals surface area contributed by atoms with Crippen LogP contribution in [-0.4, -0.2) is 18.0 Å². The van der Waals surface area contributed by atoms with Crippen LogP contribution in [0.4, 0.5) is 5.69 Å². The molecule has 1 amide bonds. The average molecular weight is 364 g/mol. The van der Waals surface area contributed by atoms with E-state index in [0.717, 1.165) is 24.3 Å². The van der Waals surface area contributed by atoms with E-state index < -0.39 is 0 Å². The average Bonchev–Trinajstić information content (AvgIpc) is 2.99. The molecule has 0 spiro atoms. The van der Waals surface area contributed by atoms with Gasteiger partial charge >= 0.3 is 0 Å². The molecular weight excluding hydrogens is 336 g/mol. The molecule has 2 aliphatic rings. The third kappa shape index (κ3) is 4.69. The Balaban J connectivity index is 1.31. The summed E-state index contributed by atoms with van der Waals surface area (Å²) in [6.07, 6.45) is 5.40. The maximum atomic E-state index is 12.5. The minimum absolute atomic E-state index is 0.109. The smallest absolute Gasteiger partial charge is 0.224 e. The zero-order chi connectivity index (χ0) is 18.6. The highest BCUT2D eigenvalue weighted by Crippen LogP contribution is 2.33. The highest BCUT2D eigenvalue weighted by Gasteiger charge is 2.34. The minimum Gasteiger partial charge on any atom is -0.489 e. The van der Waals surface area contributed by atoms with Crippen LogP contribution in [0.1, 0.15) is 43.2 Å². The number of hydrogen-bond donors (Lipinski definition) is 2. The summed E-state index contributed by atoms with van der Waals surface area (Å²) in [4.78, 5) is 12.5. The molecule has 2 atom stereocenters. The molecule has 4 nitrogen and oxygen atoms in total.